The number of hydrogen-bond acceptors (Lipinski definition) is 5. The van der Waals surface area contributed by atoms with Gasteiger partial charge in [0.05, 0.1) is 12.2 Å². The van der Waals surface area contributed by atoms with Crippen LogP contribution >= 0.6 is 0 Å². The molecule has 16 heavy (non-hydrogen) atoms. The molecule has 0 unspecified atom stereocenters. The van der Waals surface area contributed by atoms with Gasteiger partial charge in [-0.1, -0.05) is 20.3 Å². The Hall–Kier alpha value is -1.26. The van der Waals surface area contributed by atoms with Crippen molar-refractivity contribution in [3.63, 3.8) is 0 Å². The molecule has 0 aliphatic carbocycles. The van der Waals surface area contributed by atoms with E-state index >= 15 is 0 Å². The molecule has 0 aliphatic rings. The fraction of sp³-hybridized carbons (Fsp3) is 0.818. The maximum absolute atomic E-state index is 10.7. The molecule has 0 amide bonds. The van der Waals surface area contributed by atoms with Crippen molar-refractivity contribution in [1.82, 2.24) is 0 Å². The molecular formula is C11H22O5. The lowest BCUT2D eigenvalue weighted by molar-refractivity contribution is 0.0138. The molecule has 0 spiro atoms. The Balaban J connectivity index is 0. The molecule has 0 fully saturated rings. The highest BCUT2D eigenvalue weighted by molar-refractivity contribution is 5.76. The normalized spacial score (nSPS) is 9.25. The first-order valence-corrected chi connectivity index (χ1v) is 5.42. The summed E-state index contributed by atoms with van der Waals surface area (Å²) in [6.45, 7) is 10.8. The third kappa shape index (κ3) is 15.2. The molecule has 0 aromatic carbocycles. The van der Waals surface area contributed by atoms with Gasteiger partial charge in [-0.2, -0.15) is 0 Å². The van der Waals surface area contributed by atoms with Gasteiger partial charge in [0, 0.05) is 0 Å². The Morgan fingerprint density at radius 3 is 1.31 bits per heavy atom. The topological polar surface area (TPSA) is 61.8 Å². The first-order valence-electron chi connectivity index (χ1n) is 5.42. The van der Waals surface area contributed by atoms with E-state index in [2.05, 4.69) is 28.1 Å². The number of rotatable bonds is 2. The SMILES string of the molecule is CC(C)OC(=O)OC(=O)OC(C)C.CCC. The lowest BCUT2D eigenvalue weighted by atomic mass is 10.5. The zero-order valence-corrected chi connectivity index (χ0v) is 10.9. The van der Waals surface area contributed by atoms with Crippen LogP contribution in [0.25, 0.3) is 0 Å². The quantitative estimate of drug-likeness (QED) is 0.540. The van der Waals surface area contributed by atoms with Crippen LogP contribution in [0.4, 0.5) is 9.59 Å². The molecule has 0 bridgehead atoms. The highest BCUT2D eigenvalue weighted by Gasteiger charge is 2.15. The van der Waals surface area contributed by atoms with Crippen LogP contribution in [0.15, 0.2) is 0 Å². The highest BCUT2D eigenvalue weighted by Crippen LogP contribution is 1.97. The van der Waals surface area contributed by atoms with Crippen LogP contribution in [-0.4, -0.2) is 24.5 Å². The third-order valence-electron chi connectivity index (χ3n) is 0.831. The summed E-state index contributed by atoms with van der Waals surface area (Å²) in [6, 6.07) is 0. The molecule has 0 N–H and O–H groups in total. The summed E-state index contributed by atoms with van der Waals surface area (Å²) < 4.78 is 13.2. The minimum atomic E-state index is -1.04. The fourth-order valence-electron chi connectivity index (χ4n) is 0.501. The van der Waals surface area contributed by atoms with Crippen LogP contribution in [0, 0.1) is 0 Å². The Labute approximate surface area is 97.1 Å². The number of carbonyl (C=O) groups excluding carboxylic acids is 2. The molecule has 0 saturated heterocycles. The first kappa shape index (κ1) is 17.1. The predicted molar refractivity (Wildman–Crippen MR) is 60.3 cm³/mol. The zero-order valence-electron chi connectivity index (χ0n) is 10.9. The average molecular weight is 234 g/mol. The molecule has 0 saturated carbocycles. The fourth-order valence-corrected chi connectivity index (χ4v) is 0.501. The van der Waals surface area contributed by atoms with E-state index in [0.29, 0.717) is 0 Å². The van der Waals surface area contributed by atoms with Gasteiger partial charge < -0.3 is 14.2 Å². The van der Waals surface area contributed by atoms with Crippen LogP contribution in [0.5, 0.6) is 0 Å². The van der Waals surface area contributed by atoms with Gasteiger partial charge in [0.1, 0.15) is 0 Å². The van der Waals surface area contributed by atoms with Crippen LogP contribution in [-0.2, 0) is 14.2 Å². The van der Waals surface area contributed by atoms with E-state index in [9.17, 15) is 9.59 Å². The molecule has 0 aliphatic heterocycles. The zero-order chi connectivity index (χ0) is 13.1. The lowest BCUT2D eigenvalue weighted by Crippen LogP contribution is -2.20. The molecule has 0 atom stereocenters. The molecule has 96 valence electrons. The van der Waals surface area contributed by atoms with E-state index in [0.717, 1.165) is 0 Å². The molecule has 5 heteroatoms. The molecule has 0 aromatic rings. The van der Waals surface area contributed by atoms with Gasteiger partial charge in [-0.25, -0.2) is 9.59 Å². The monoisotopic (exact) mass is 234 g/mol. The molecular weight excluding hydrogens is 212 g/mol. The van der Waals surface area contributed by atoms with Gasteiger partial charge in [0.25, 0.3) is 0 Å². The third-order valence-corrected chi connectivity index (χ3v) is 0.831. The largest absolute Gasteiger partial charge is 0.518 e. The summed E-state index contributed by atoms with van der Waals surface area (Å²) in [5.41, 5.74) is 0. The molecule has 5 nitrogen and oxygen atoms in total. The van der Waals surface area contributed by atoms with Crippen LogP contribution in [0.1, 0.15) is 48.0 Å². The van der Waals surface area contributed by atoms with Gasteiger partial charge in [-0.15, -0.1) is 0 Å². The maximum atomic E-state index is 10.7. The van der Waals surface area contributed by atoms with Gasteiger partial charge in [-0.3, -0.25) is 0 Å². The average Bonchev–Trinajstić information content (AvgIpc) is 2.00. The van der Waals surface area contributed by atoms with E-state index in [1.807, 2.05) is 0 Å². The number of ether oxygens (including phenoxy) is 3. The number of carbonyl (C=O) groups is 2. The molecule has 0 aromatic heterocycles. The minimum Gasteiger partial charge on any atom is -0.431 e. The second-order valence-corrected chi connectivity index (χ2v) is 3.64. The van der Waals surface area contributed by atoms with Crippen molar-refractivity contribution in [2.45, 2.75) is 60.2 Å². The Morgan fingerprint density at radius 2 is 1.12 bits per heavy atom. The van der Waals surface area contributed by atoms with Crippen molar-refractivity contribution in [3.05, 3.63) is 0 Å². The number of hydrogen-bond donors (Lipinski definition) is 0. The van der Waals surface area contributed by atoms with Gasteiger partial charge >= 0.3 is 12.3 Å². The van der Waals surface area contributed by atoms with E-state index in [-0.39, 0.29) is 12.2 Å². The van der Waals surface area contributed by atoms with E-state index in [4.69, 9.17) is 0 Å². The van der Waals surface area contributed by atoms with Crippen LogP contribution < -0.4 is 0 Å². The highest BCUT2D eigenvalue weighted by atomic mass is 16.8. The summed E-state index contributed by atoms with van der Waals surface area (Å²) in [5, 5.41) is 0. The van der Waals surface area contributed by atoms with Gasteiger partial charge in [-0.05, 0) is 27.7 Å². The Bertz CT molecular complexity index is 179. The van der Waals surface area contributed by atoms with E-state index < -0.39 is 12.3 Å². The Morgan fingerprint density at radius 1 is 0.875 bits per heavy atom. The van der Waals surface area contributed by atoms with Crippen LogP contribution in [0.2, 0.25) is 0 Å². The second kappa shape index (κ2) is 10.3. The minimum absolute atomic E-state index is 0.320. The molecule has 0 heterocycles. The van der Waals surface area contributed by atoms with Gasteiger partial charge in [0.2, 0.25) is 0 Å². The first-order chi connectivity index (χ1) is 7.33. The molecule has 0 rings (SSSR count). The summed E-state index contributed by atoms with van der Waals surface area (Å²) in [4.78, 5) is 21.4. The predicted octanol–water partition coefficient (Wildman–Crippen LogP) is 3.51. The smallest absolute Gasteiger partial charge is 0.431 e. The van der Waals surface area contributed by atoms with Gasteiger partial charge in [0.15, 0.2) is 0 Å². The van der Waals surface area contributed by atoms with E-state index in [1.54, 1.807) is 27.7 Å². The lowest BCUT2D eigenvalue weighted by Gasteiger charge is -2.08. The van der Waals surface area contributed by atoms with Crippen molar-refractivity contribution in [2.24, 2.45) is 0 Å². The van der Waals surface area contributed by atoms with Crippen molar-refractivity contribution >= 4 is 12.3 Å². The standard InChI is InChI=1S/C8H14O5.C3H8/c1-5(2)11-7(9)13-8(10)12-6(3)4;1-3-2/h5-6H,1-4H3;3H2,1-2H3. The summed E-state index contributed by atoms with van der Waals surface area (Å²) in [6.07, 6.45) is -1.47. The summed E-state index contributed by atoms with van der Waals surface area (Å²) in [7, 11) is 0. The van der Waals surface area contributed by atoms with Crippen molar-refractivity contribution in [1.29, 1.82) is 0 Å². The van der Waals surface area contributed by atoms with E-state index in [1.165, 1.54) is 6.42 Å². The molecule has 0 radical (unpaired) electrons. The van der Waals surface area contributed by atoms with Crippen LogP contribution in [0.3, 0.4) is 0 Å². The summed E-state index contributed by atoms with van der Waals surface area (Å²) in [5.74, 6) is 0. The maximum Gasteiger partial charge on any atom is 0.518 e. The second-order valence-electron chi connectivity index (χ2n) is 3.64. The van der Waals surface area contributed by atoms with Crippen molar-refractivity contribution < 1.29 is 23.8 Å². The summed E-state index contributed by atoms with van der Waals surface area (Å²) >= 11 is 0. The van der Waals surface area contributed by atoms with Crippen molar-refractivity contribution in [2.75, 3.05) is 0 Å². The van der Waals surface area contributed by atoms with Crippen molar-refractivity contribution in [3.8, 4) is 0 Å². The Kier molecular flexibility index (Phi) is 11.0.